The first kappa shape index (κ1) is 12.4. The fourth-order valence-corrected chi connectivity index (χ4v) is 2.19. The summed E-state index contributed by atoms with van der Waals surface area (Å²) < 4.78 is 0. The van der Waals surface area contributed by atoms with Gasteiger partial charge in [-0.05, 0) is 42.6 Å². The fourth-order valence-electron chi connectivity index (χ4n) is 2.19. The van der Waals surface area contributed by atoms with Crippen molar-refractivity contribution in [3.8, 4) is 0 Å². The number of para-hydroxylation sites is 1. The molecule has 2 heterocycles. The van der Waals surface area contributed by atoms with Gasteiger partial charge in [0.05, 0.1) is 5.52 Å². The zero-order valence-corrected chi connectivity index (χ0v) is 11.4. The molecule has 0 spiro atoms. The molecule has 4 aromatic rings. The number of fused-ring (bicyclic) bond motifs is 2. The number of nitrogens with one attached hydrogen (secondary N) is 1. The molecule has 4 rings (SSSR count). The summed E-state index contributed by atoms with van der Waals surface area (Å²) in [6.07, 6.45) is 3.77. The molecule has 1 N–H and O–H groups in total. The van der Waals surface area contributed by atoms with Crippen molar-refractivity contribution in [1.29, 1.82) is 0 Å². The van der Waals surface area contributed by atoms with E-state index in [1.165, 1.54) is 21.9 Å². The lowest BCUT2D eigenvalue weighted by Crippen LogP contribution is -1.73. The van der Waals surface area contributed by atoms with Crippen molar-refractivity contribution in [2.24, 2.45) is 0 Å². The van der Waals surface area contributed by atoms with Gasteiger partial charge in [0, 0.05) is 23.3 Å². The van der Waals surface area contributed by atoms with Crippen molar-refractivity contribution in [3.63, 3.8) is 0 Å². The van der Waals surface area contributed by atoms with E-state index in [9.17, 15) is 0 Å². The summed E-state index contributed by atoms with van der Waals surface area (Å²) in [7, 11) is 0. The van der Waals surface area contributed by atoms with Gasteiger partial charge < -0.3 is 4.98 Å². The Morgan fingerprint density at radius 3 is 2.60 bits per heavy atom. The standard InChI is InChI=1S/C9H9N.C9H7N/c1-7-2-3-9-8(6-7)4-5-10-9;1-2-6-9-8(4-1)5-3-7-10-9/h2-6,10H,1H3;1-7H. The lowest BCUT2D eigenvalue weighted by molar-refractivity contribution is 1.41. The molecule has 2 aromatic carbocycles. The summed E-state index contributed by atoms with van der Waals surface area (Å²) in [5.74, 6) is 0. The molecule has 0 bridgehead atoms. The van der Waals surface area contributed by atoms with E-state index < -0.39 is 0 Å². The Bertz CT molecular complexity index is 765. The molecule has 0 unspecified atom stereocenters. The van der Waals surface area contributed by atoms with Gasteiger partial charge in [-0.25, -0.2) is 0 Å². The first-order chi connectivity index (χ1) is 9.83. The van der Waals surface area contributed by atoms with Crippen molar-refractivity contribution in [1.82, 2.24) is 9.97 Å². The highest BCUT2D eigenvalue weighted by atomic mass is 14.7. The van der Waals surface area contributed by atoms with Gasteiger partial charge in [-0.1, -0.05) is 35.9 Å². The molecule has 0 radical (unpaired) electrons. The summed E-state index contributed by atoms with van der Waals surface area (Å²) in [4.78, 5) is 7.33. The largest absolute Gasteiger partial charge is 0.361 e. The maximum Gasteiger partial charge on any atom is 0.0701 e. The summed E-state index contributed by atoms with van der Waals surface area (Å²) in [6.45, 7) is 2.10. The van der Waals surface area contributed by atoms with Crippen LogP contribution < -0.4 is 0 Å². The molecular weight excluding hydrogens is 244 g/mol. The molecular formula is C18H16N2. The smallest absolute Gasteiger partial charge is 0.0701 e. The van der Waals surface area contributed by atoms with Crippen LogP contribution in [0.4, 0.5) is 0 Å². The molecule has 0 saturated heterocycles. The average Bonchev–Trinajstić information content (AvgIpc) is 2.95. The second-order valence-corrected chi connectivity index (χ2v) is 4.76. The van der Waals surface area contributed by atoms with E-state index in [0.717, 1.165) is 5.52 Å². The van der Waals surface area contributed by atoms with Crippen LogP contribution in [0.5, 0.6) is 0 Å². The van der Waals surface area contributed by atoms with E-state index >= 15 is 0 Å². The van der Waals surface area contributed by atoms with Crippen molar-refractivity contribution in [2.45, 2.75) is 6.92 Å². The third kappa shape index (κ3) is 2.69. The van der Waals surface area contributed by atoms with E-state index in [4.69, 9.17) is 0 Å². The first-order valence-electron chi connectivity index (χ1n) is 6.66. The number of H-pyrrole nitrogens is 1. The number of aryl methyl sites for hydroxylation is 1. The van der Waals surface area contributed by atoms with Crippen LogP contribution in [0.15, 0.2) is 73.1 Å². The lowest BCUT2D eigenvalue weighted by Gasteiger charge is -1.91. The van der Waals surface area contributed by atoms with E-state index in [1.807, 2.05) is 36.7 Å². The van der Waals surface area contributed by atoms with Crippen molar-refractivity contribution >= 4 is 21.8 Å². The molecule has 2 nitrogen and oxygen atoms in total. The third-order valence-corrected chi connectivity index (χ3v) is 3.22. The van der Waals surface area contributed by atoms with E-state index in [0.29, 0.717) is 0 Å². The Balaban J connectivity index is 0.000000121. The molecule has 2 heteroatoms. The minimum absolute atomic E-state index is 1.06. The van der Waals surface area contributed by atoms with E-state index in [-0.39, 0.29) is 0 Å². The minimum Gasteiger partial charge on any atom is -0.361 e. The summed E-state index contributed by atoms with van der Waals surface area (Å²) >= 11 is 0. The number of aromatic nitrogens is 2. The van der Waals surface area contributed by atoms with Gasteiger partial charge in [-0.3, -0.25) is 4.98 Å². The summed E-state index contributed by atoms with van der Waals surface area (Å²) in [5.41, 5.74) is 3.59. The number of hydrogen-bond acceptors (Lipinski definition) is 1. The highest BCUT2D eigenvalue weighted by Gasteiger charge is 1.91. The molecule has 0 atom stereocenters. The van der Waals surface area contributed by atoms with Crippen LogP contribution in [0.2, 0.25) is 0 Å². The second-order valence-electron chi connectivity index (χ2n) is 4.76. The van der Waals surface area contributed by atoms with E-state index in [1.54, 1.807) is 0 Å². The summed E-state index contributed by atoms with van der Waals surface area (Å²) in [5, 5.41) is 2.49. The Hall–Kier alpha value is -2.61. The van der Waals surface area contributed by atoms with Crippen LogP contribution in [-0.2, 0) is 0 Å². The molecule has 20 heavy (non-hydrogen) atoms. The van der Waals surface area contributed by atoms with Crippen molar-refractivity contribution in [3.05, 3.63) is 78.6 Å². The number of aromatic amines is 1. The lowest BCUT2D eigenvalue weighted by atomic mass is 10.2. The maximum absolute atomic E-state index is 4.18. The number of pyridine rings is 1. The summed E-state index contributed by atoms with van der Waals surface area (Å²) in [6, 6.07) is 20.6. The van der Waals surface area contributed by atoms with Crippen molar-refractivity contribution in [2.75, 3.05) is 0 Å². The topological polar surface area (TPSA) is 28.7 Å². The Labute approximate surface area is 118 Å². The normalized spacial score (nSPS) is 10.2. The van der Waals surface area contributed by atoms with Crippen molar-refractivity contribution < 1.29 is 0 Å². The predicted octanol–water partition coefficient (Wildman–Crippen LogP) is 4.71. The Morgan fingerprint density at radius 1 is 0.850 bits per heavy atom. The first-order valence-corrected chi connectivity index (χ1v) is 6.66. The highest BCUT2D eigenvalue weighted by Crippen LogP contribution is 2.12. The van der Waals surface area contributed by atoms with Crippen LogP contribution in [-0.4, -0.2) is 9.97 Å². The number of benzene rings is 2. The zero-order valence-electron chi connectivity index (χ0n) is 11.4. The Morgan fingerprint density at radius 2 is 1.70 bits per heavy atom. The Kier molecular flexibility index (Phi) is 3.46. The second kappa shape index (κ2) is 5.57. The van der Waals surface area contributed by atoms with Gasteiger partial charge >= 0.3 is 0 Å². The van der Waals surface area contributed by atoms with Gasteiger partial charge in [-0.15, -0.1) is 0 Å². The van der Waals surface area contributed by atoms with Gasteiger partial charge in [-0.2, -0.15) is 0 Å². The van der Waals surface area contributed by atoms with Gasteiger partial charge in [0.2, 0.25) is 0 Å². The predicted molar refractivity (Wildman–Crippen MR) is 84.8 cm³/mol. The molecule has 98 valence electrons. The minimum atomic E-state index is 1.06. The molecule has 0 aliphatic heterocycles. The SMILES string of the molecule is Cc1ccc2[nH]ccc2c1.c1ccc2ncccc2c1. The molecule has 0 aliphatic carbocycles. The third-order valence-electron chi connectivity index (χ3n) is 3.22. The van der Waals surface area contributed by atoms with Crippen LogP contribution >= 0.6 is 0 Å². The maximum atomic E-state index is 4.18. The van der Waals surface area contributed by atoms with Crippen LogP contribution in [0.25, 0.3) is 21.8 Å². The monoisotopic (exact) mass is 260 g/mol. The van der Waals surface area contributed by atoms with E-state index in [2.05, 4.69) is 53.3 Å². The molecule has 0 fully saturated rings. The fraction of sp³-hybridized carbons (Fsp3) is 0.0556. The zero-order chi connectivity index (χ0) is 13.8. The van der Waals surface area contributed by atoms with Crippen LogP contribution in [0, 0.1) is 6.92 Å². The number of nitrogens with zero attached hydrogens (tertiary/aromatic N) is 1. The number of rotatable bonds is 0. The van der Waals surface area contributed by atoms with Gasteiger partial charge in [0.1, 0.15) is 0 Å². The average molecular weight is 260 g/mol. The van der Waals surface area contributed by atoms with Gasteiger partial charge in [0.25, 0.3) is 0 Å². The highest BCUT2D eigenvalue weighted by molar-refractivity contribution is 5.79. The quantitative estimate of drug-likeness (QED) is 0.487. The molecule has 2 aromatic heterocycles. The molecule has 0 amide bonds. The van der Waals surface area contributed by atoms with Crippen LogP contribution in [0.3, 0.4) is 0 Å². The molecule has 0 aliphatic rings. The van der Waals surface area contributed by atoms with Gasteiger partial charge in [0.15, 0.2) is 0 Å². The number of hydrogen-bond donors (Lipinski definition) is 1. The molecule has 0 saturated carbocycles. The van der Waals surface area contributed by atoms with Crippen LogP contribution in [0.1, 0.15) is 5.56 Å².